The van der Waals surface area contributed by atoms with Crippen molar-refractivity contribution < 1.29 is 14.6 Å². The zero-order valence-electron chi connectivity index (χ0n) is 11.8. The number of methoxy groups -OCH3 is 1. The molecule has 2 rings (SSSR count). The van der Waals surface area contributed by atoms with Gasteiger partial charge in [-0.05, 0) is 36.2 Å². The molecule has 0 radical (unpaired) electrons. The highest BCUT2D eigenvalue weighted by Crippen LogP contribution is 2.39. The summed E-state index contributed by atoms with van der Waals surface area (Å²) in [5.74, 6) is 1.87. The van der Waals surface area contributed by atoms with Crippen molar-refractivity contribution >= 4 is 15.9 Å². The lowest BCUT2D eigenvalue weighted by Crippen LogP contribution is -1.99. The van der Waals surface area contributed by atoms with Gasteiger partial charge in [-0.2, -0.15) is 0 Å². The van der Waals surface area contributed by atoms with Crippen LogP contribution in [-0.2, 0) is 0 Å². The first-order valence-electron chi connectivity index (χ1n) is 6.55. The van der Waals surface area contributed by atoms with Crippen molar-refractivity contribution in [2.45, 2.75) is 12.5 Å². The fourth-order valence-electron chi connectivity index (χ4n) is 1.95. The number of ether oxygens (including phenoxy) is 2. The average Bonchev–Trinajstić information content (AvgIpc) is 2.50. The Kier molecular flexibility index (Phi) is 5.42. The number of hydrogen-bond acceptors (Lipinski definition) is 3. The number of benzene rings is 2. The van der Waals surface area contributed by atoms with E-state index in [1.165, 1.54) is 0 Å². The van der Waals surface area contributed by atoms with E-state index >= 15 is 0 Å². The second-order valence-corrected chi connectivity index (χ2v) is 5.33. The van der Waals surface area contributed by atoms with Gasteiger partial charge in [-0.3, -0.25) is 0 Å². The molecule has 0 heterocycles. The van der Waals surface area contributed by atoms with E-state index in [0.717, 1.165) is 10.0 Å². The lowest BCUT2D eigenvalue weighted by molar-refractivity contribution is 0.180. The highest BCUT2D eigenvalue weighted by Gasteiger charge is 2.16. The standard InChI is InChI=1S/C17H17BrO3/c1-3-7-15(19)13-10-17(16(20-2)11-14(13)18)21-12-8-5-4-6-9-12/h3-6,8-11,15,19H,1,7H2,2H3. The lowest BCUT2D eigenvalue weighted by Gasteiger charge is -2.16. The van der Waals surface area contributed by atoms with Gasteiger partial charge in [0.2, 0.25) is 0 Å². The second-order valence-electron chi connectivity index (χ2n) is 4.48. The van der Waals surface area contributed by atoms with Crippen molar-refractivity contribution in [3.63, 3.8) is 0 Å². The number of aliphatic hydroxyl groups excluding tert-OH is 1. The zero-order valence-corrected chi connectivity index (χ0v) is 13.3. The molecule has 0 bridgehead atoms. The molecule has 0 fully saturated rings. The molecule has 0 spiro atoms. The van der Waals surface area contributed by atoms with Crippen LogP contribution in [0, 0.1) is 0 Å². The summed E-state index contributed by atoms with van der Waals surface area (Å²) in [5.41, 5.74) is 0.738. The van der Waals surface area contributed by atoms with Gasteiger partial charge in [0.15, 0.2) is 11.5 Å². The Morgan fingerprint density at radius 1 is 1.24 bits per heavy atom. The summed E-state index contributed by atoms with van der Waals surface area (Å²) < 4.78 is 12.0. The summed E-state index contributed by atoms with van der Waals surface area (Å²) in [6.45, 7) is 3.65. The number of para-hydroxylation sites is 1. The van der Waals surface area contributed by atoms with Gasteiger partial charge in [0.05, 0.1) is 13.2 Å². The average molecular weight is 349 g/mol. The molecule has 1 unspecified atom stereocenters. The van der Waals surface area contributed by atoms with Gasteiger partial charge in [0.1, 0.15) is 5.75 Å². The molecular weight excluding hydrogens is 332 g/mol. The van der Waals surface area contributed by atoms with Crippen LogP contribution >= 0.6 is 15.9 Å². The summed E-state index contributed by atoms with van der Waals surface area (Å²) >= 11 is 3.45. The van der Waals surface area contributed by atoms with Crippen molar-refractivity contribution in [2.24, 2.45) is 0 Å². The van der Waals surface area contributed by atoms with Crippen LogP contribution in [0.3, 0.4) is 0 Å². The Bertz CT molecular complexity index is 611. The van der Waals surface area contributed by atoms with Crippen molar-refractivity contribution in [2.75, 3.05) is 7.11 Å². The van der Waals surface area contributed by atoms with E-state index < -0.39 is 6.10 Å². The van der Waals surface area contributed by atoms with E-state index in [1.54, 1.807) is 25.3 Å². The Labute approximate surface area is 133 Å². The molecule has 0 aliphatic heterocycles. The fraction of sp³-hybridized carbons (Fsp3) is 0.176. The topological polar surface area (TPSA) is 38.7 Å². The summed E-state index contributed by atoms with van der Waals surface area (Å²) in [5, 5.41) is 10.2. The van der Waals surface area contributed by atoms with E-state index in [-0.39, 0.29) is 0 Å². The van der Waals surface area contributed by atoms with Crippen LogP contribution in [0.15, 0.2) is 59.6 Å². The lowest BCUT2D eigenvalue weighted by atomic mass is 10.1. The van der Waals surface area contributed by atoms with Crippen LogP contribution in [0.5, 0.6) is 17.2 Å². The Morgan fingerprint density at radius 2 is 1.95 bits per heavy atom. The first-order chi connectivity index (χ1) is 10.2. The largest absolute Gasteiger partial charge is 0.493 e. The number of hydrogen-bond donors (Lipinski definition) is 1. The molecule has 110 valence electrons. The third-order valence-electron chi connectivity index (χ3n) is 3.00. The van der Waals surface area contributed by atoms with Gasteiger partial charge in [0.25, 0.3) is 0 Å². The number of halogens is 1. The van der Waals surface area contributed by atoms with Crippen molar-refractivity contribution in [1.82, 2.24) is 0 Å². The zero-order chi connectivity index (χ0) is 15.2. The highest BCUT2D eigenvalue weighted by atomic mass is 79.9. The minimum Gasteiger partial charge on any atom is -0.493 e. The number of rotatable bonds is 6. The molecule has 21 heavy (non-hydrogen) atoms. The minimum absolute atomic E-state index is 0.468. The molecule has 0 aliphatic rings. The van der Waals surface area contributed by atoms with E-state index in [1.807, 2.05) is 30.3 Å². The molecule has 0 aromatic heterocycles. The molecular formula is C17H17BrO3. The Balaban J connectivity index is 2.38. The molecule has 0 aliphatic carbocycles. The van der Waals surface area contributed by atoms with Crippen LogP contribution in [0.2, 0.25) is 0 Å². The third kappa shape index (κ3) is 3.86. The molecule has 0 saturated carbocycles. The van der Waals surface area contributed by atoms with Crippen molar-refractivity contribution in [3.8, 4) is 17.2 Å². The molecule has 2 aromatic carbocycles. The van der Waals surface area contributed by atoms with E-state index in [0.29, 0.717) is 23.7 Å². The van der Waals surface area contributed by atoms with Crippen LogP contribution in [-0.4, -0.2) is 12.2 Å². The van der Waals surface area contributed by atoms with Gasteiger partial charge in [-0.1, -0.05) is 40.2 Å². The highest BCUT2D eigenvalue weighted by molar-refractivity contribution is 9.10. The normalized spacial score (nSPS) is 11.8. The van der Waals surface area contributed by atoms with Crippen LogP contribution in [0.25, 0.3) is 0 Å². The summed E-state index contributed by atoms with van der Waals surface area (Å²) in [4.78, 5) is 0. The molecule has 0 saturated heterocycles. The van der Waals surface area contributed by atoms with Gasteiger partial charge in [-0.25, -0.2) is 0 Å². The first-order valence-corrected chi connectivity index (χ1v) is 7.34. The number of aliphatic hydroxyl groups is 1. The molecule has 1 atom stereocenters. The minimum atomic E-state index is -0.638. The monoisotopic (exact) mass is 348 g/mol. The van der Waals surface area contributed by atoms with E-state index in [2.05, 4.69) is 22.5 Å². The van der Waals surface area contributed by atoms with E-state index in [4.69, 9.17) is 9.47 Å². The third-order valence-corrected chi connectivity index (χ3v) is 3.69. The molecule has 0 amide bonds. The van der Waals surface area contributed by atoms with Gasteiger partial charge < -0.3 is 14.6 Å². The summed E-state index contributed by atoms with van der Waals surface area (Å²) in [6, 6.07) is 13.0. The maximum absolute atomic E-state index is 10.2. The maximum Gasteiger partial charge on any atom is 0.169 e. The Morgan fingerprint density at radius 3 is 2.57 bits per heavy atom. The second kappa shape index (κ2) is 7.29. The SMILES string of the molecule is C=CCC(O)c1cc(Oc2ccccc2)c(OC)cc1Br. The summed E-state index contributed by atoms with van der Waals surface area (Å²) in [7, 11) is 1.58. The molecule has 3 nitrogen and oxygen atoms in total. The maximum atomic E-state index is 10.2. The Hall–Kier alpha value is -1.78. The molecule has 1 N–H and O–H groups in total. The smallest absolute Gasteiger partial charge is 0.169 e. The van der Waals surface area contributed by atoms with Gasteiger partial charge in [0, 0.05) is 4.47 Å². The van der Waals surface area contributed by atoms with Crippen LogP contribution in [0.4, 0.5) is 0 Å². The van der Waals surface area contributed by atoms with Crippen LogP contribution < -0.4 is 9.47 Å². The van der Waals surface area contributed by atoms with E-state index in [9.17, 15) is 5.11 Å². The van der Waals surface area contributed by atoms with Crippen LogP contribution in [0.1, 0.15) is 18.1 Å². The van der Waals surface area contributed by atoms with Crippen molar-refractivity contribution in [3.05, 3.63) is 65.2 Å². The molecule has 4 heteroatoms. The molecule has 2 aromatic rings. The quantitative estimate of drug-likeness (QED) is 0.757. The summed E-state index contributed by atoms with van der Waals surface area (Å²) in [6.07, 6.45) is 1.51. The first kappa shape index (κ1) is 15.6. The van der Waals surface area contributed by atoms with Gasteiger partial charge in [-0.15, -0.1) is 6.58 Å². The predicted molar refractivity (Wildman–Crippen MR) is 87.0 cm³/mol. The predicted octanol–water partition coefficient (Wildman–Crippen LogP) is 4.86. The van der Waals surface area contributed by atoms with Crippen molar-refractivity contribution in [1.29, 1.82) is 0 Å². The fourth-order valence-corrected chi connectivity index (χ4v) is 2.53. The van der Waals surface area contributed by atoms with Gasteiger partial charge >= 0.3 is 0 Å².